The summed E-state index contributed by atoms with van der Waals surface area (Å²) in [5.74, 6) is -1.11. The number of benzene rings is 2. The molecule has 0 fully saturated rings. The van der Waals surface area contributed by atoms with E-state index < -0.39 is 5.92 Å². The summed E-state index contributed by atoms with van der Waals surface area (Å²) < 4.78 is 6.36. The number of thiazole rings is 1. The molecule has 3 N–H and O–H groups in total. The average Bonchev–Trinajstić information content (AvgIpc) is 3.21. The smallest absolute Gasteiger partial charge is 0.338 e. The van der Waals surface area contributed by atoms with Gasteiger partial charge in [0.05, 0.1) is 21.7 Å². The minimum absolute atomic E-state index is 0.145. The van der Waals surface area contributed by atoms with Crippen molar-refractivity contribution < 1.29 is 14.3 Å². The largest absolute Gasteiger partial charge is 0.457 e. The molecule has 0 saturated heterocycles. The Labute approximate surface area is 195 Å². The molecule has 8 heteroatoms. The number of amides is 1. The fraction of sp³-hybridized carbons (Fsp3) is 0.200. The minimum atomic E-state index is -0.526. The second-order valence-electron chi connectivity index (χ2n) is 7.78. The van der Waals surface area contributed by atoms with Crippen LogP contribution in [-0.2, 0) is 16.1 Å². The van der Waals surface area contributed by atoms with Gasteiger partial charge in [-0.3, -0.25) is 9.78 Å². The van der Waals surface area contributed by atoms with Gasteiger partial charge in [0, 0.05) is 18.9 Å². The average molecular weight is 461 g/mol. The lowest BCUT2D eigenvalue weighted by Gasteiger charge is -2.15. The van der Waals surface area contributed by atoms with E-state index in [4.69, 9.17) is 10.5 Å². The molecule has 2 heterocycles. The lowest BCUT2D eigenvalue weighted by Crippen LogP contribution is -2.27. The number of pyridine rings is 1. The van der Waals surface area contributed by atoms with Gasteiger partial charge in [0.1, 0.15) is 6.61 Å². The van der Waals surface area contributed by atoms with Gasteiger partial charge in [0.25, 0.3) is 0 Å². The molecule has 4 rings (SSSR count). The summed E-state index contributed by atoms with van der Waals surface area (Å²) in [5.41, 5.74) is 10.8. The van der Waals surface area contributed by atoms with Gasteiger partial charge in [-0.05, 0) is 42.7 Å². The number of hydrogen-bond acceptors (Lipinski definition) is 7. The van der Waals surface area contributed by atoms with E-state index in [0.717, 1.165) is 32.5 Å². The summed E-state index contributed by atoms with van der Waals surface area (Å²) >= 11 is 1.37. The van der Waals surface area contributed by atoms with Gasteiger partial charge in [0.15, 0.2) is 5.13 Å². The Morgan fingerprint density at radius 3 is 2.61 bits per heavy atom. The second kappa shape index (κ2) is 9.89. The molecule has 33 heavy (non-hydrogen) atoms. The van der Waals surface area contributed by atoms with E-state index in [1.807, 2.05) is 50.2 Å². The van der Waals surface area contributed by atoms with Crippen molar-refractivity contribution in [3.05, 3.63) is 88.7 Å². The number of anilines is 1. The number of nitrogens with zero attached hydrogens (tertiary/aromatic N) is 2. The van der Waals surface area contributed by atoms with Crippen molar-refractivity contribution in [3.8, 4) is 0 Å². The van der Waals surface area contributed by atoms with Gasteiger partial charge < -0.3 is 15.8 Å². The molecule has 0 spiro atoms. The first-order valence-electron chi connectivity index (χ1n) is 10.5. The second-order valence-corrected chi connectivity index (χ2v) is 8.81. The van der Waals surface area contributed by atoms with Crippen molar-refractivity contribution in [3.63, 3.8) is 0 Å². The van der Waals surface area contributed by atoms with Crippen molar-refractivity contribution in [2.45, 2.75) is 26.4 Å². The highest BCUT2D eigenvalue weighted by Gasteiger charge is 2.21. The van der Waals surface area contributed by atoms with Crippen molar-refractivity contribution in [1.29, 1.82) is 0 Å². The standard InChI is InChI=1S/C25H24N4O3S/c1-15-3-8-19(16(2)11-15)24(31)32-14-17-4-6-18(7-5-17)20(12-26)23(30)29-25-28-21-9-10-27-13-22(21)33-25/h3-11,13,20H,12,14,26H2,1-2H3,(H,28,29,30)/t20-/m1/s1. The zero-order valence-corrected chi connectivity index (χ0v) is 19.2. The van der Waals surface area contributed by atoms with Gasteiger partial charge in [-0.1, -0.05) is 53.3 Å². The predicted octanol–water partition coefficient (Wildman–Crippen LogP) is 4.35. The van der Waals surface area contributed by atoms with Crippen molar-refractivity contribution >= 4 is 38.6 Å². The van der Waals surface area contributed by atoms with Crippen LogP contribution in [0.1, 0.15) is 38.5 Å². The van der Waals surface area contributed by atoms with Crippen LogP contribution < -0.4 is 11.1 Å². The Balaban J connectivity index is 1.39. The fourth-order valence-corrected chi connectivity index (χ4v) is 4.37. The van der Waals surface area contributed by atoms with Gasteiger partial charge in [0.2, 0.25) is 5.91 Å². The molecule has 0 aliphatic rings. The highest BCUT2D eigenvalue weighted by Crippen LogP contribution is 2.26. The first kappa shape index (κ1) is 22.6. The molecule has 0 bridgehead atoms. The van der Waals surface area contributed by atoms with Crippen molar-refractivity contribution in [2.24, 2.45) is 5.73 Å². The van der Waals surface area contributed by atoms with Crippen LogP contribution in [-0.4, -0.2) is 28.4 Å². The number of aromatic nitrogens is 2. The Kier molecular flexibility index (Phi) is 6.76. The van der Waals surface area contributed by atoms with E-state index in [0.29, 0.717) is 10.7 Å². The summed E-state index contributed by atoms with van der Waals surface area (Å²) in [6.07, 6.45) is 3.38. The van der Waals surface area contributed by atoms with Gasteiger partial charge in [-0.2, -0.15) is 0 Å². The molecule has 2 aromatic heterocycles. The first-order valence-corrected chi connectivity index (χ1v) is 11.3. The molecular formula is C25H24N4O3S. The number of carbonyl (C=O) groups excluding carboxylic acids is 2. The third-order valence-electron chi connectivity index (χ3n) is 5.33. The molecule has 7 nitrogen and oxygen atoms in total. The number of esters is 1. The summed E-state index contributed by atoms with van der Waals surface area (Å²) in [5, 5.41) is 3.36. The number of aryl methyl sites for hydroxylation is 2. The molecule has 1 amide bonds. The summed E-state index contributed by atoms with van der Waals surface area (Å²) in [7, 11) is 0. The molecule has 0 saturated carbocycles. The molecule has 4 aromatic rings. The minimum Gasteiger partial charge on any atom is -0.457 e. The van der Waals surface area contributed by atoms with Crippen LogP contribution in [0.4, 0.5) is 5.13 Å². The first-order chi connectivity index (χ1) is 15.9. The molecule has 0 unspecified atom stereocenters. The third-order valence-corrected chi connectivity index (χ3v) is 6.25. The number of hydrogen-bond donors (Lipinski definition) is 2. The highest BCUT2D eigenvalue weighted by atomic mass is 32.1. The van der Waals surface area contributed by atoms with Crippen LogP contribution in [0.3, 0.4) is 0 Å². The monoisotopic (exact) mass is 460 g/mol. The Morgan fingerprint density at radius 2 is 1.91 bits per heavy atom. The van der Waals surface area contributed by atoms with Gasteiger partial charge >= 0.3 is 5.97 Å². The molecule has 0 radical (unpaired) electrons. The SMILES string of the molecule is Cc1ccc(C(=O)OCc2ccc([C@@H](CN)C(=O)Nc3nc4ccncc4s3)cc2)c(C)c1. The molecule has 0 aliphatic heterocycles. The lowest BCUT2D eigenvalue weighted by molar-refractivity contribution is -0.117. The maximum atomic E-state index is 12.8. The Hall–Kier alpha value is -3.62. The van der Waals surface area contributed by atoms with E-state index in [1.54, 1.807) is 24.5 Å². The van der Waals surface area contributed by atoms with Crippen molar-refractivity contribution in [2.75, 3.05) is 11.9 Å². The highest BCUT2D eigenvalue weighted by molar-refractivity contribution is 7.22. The Bertz CT molecular complexity index is 1270. The van der Waals surface area contributed by atoms with E-state index in [9.17, 15) is 9.59 Å². The quantitative estimate of drug-likeness (QED) is 0.397. The predicted molar refractivity (Wildman–Crippen MR) is 129 cm³/mol. The molecular weight excluding hydrogens is 436 g/mol. The third kappa shape index (κ3) is 5.24. The summed E-state index contributed by atoms with van der Waals surface area (Å²) in [6, 6.07) is 14.8. The van der Waals surface area contributed by atoms with E-state index in [1.165, 1.54) is 11.3 Å². The van der Waals surface area contributed by atoms with E-state index in [2.05, 4.69) is 15.3 Å². The van der Waals surface area contributed by atoms with Gasteiger partial charge in [-0.25, -0.2) is 9.78 Å². The fourth-order valence-electron chi connectivity index (χ4n) is 3.54. The number of nitrogens with one attached hydrogen (secondary N) is 1. The number of ether oxygens (including phenoxy) is 1. The van der Waals surface area contributed by atoms with Gasteiger partial charge in [-0.15, -0.1) is 0 Å². The van der Waals surface area contributed by atoms with Crippen LogP contribution in [0.5, 0.6) is 0 Å². The van der Waals surface area contributed by atoms with E-state index in [-0.39, 0.29) is 25.0 Å². The zero-order valence-electron chi connectivity index (χ0n) is 18.4. The molecule has 1 atom stereocenters. The van der Waals surface area contributed by atoms with Crippen LogP contribution in [0.2, 0.25) is 0 Å². The van der Waals surface area contributed by atoms with Crippen LogP contribution >= 0.6 is 11.3 Å². The lowest BCUT2D eigenvalue weighted by atomic mass is 9.97. The molecule has 0 aliphatic carbocycles. The van der Waals surface area contributed by atoms with Crippen LogP contribution in [0.25, 0.3) is 10.2 Å². The topological polar surface area (TPSA) is 107 Å². The number of fused-ring (bicyclic) bond motifs is 1. The maximum absolute atomic E-state index is 12.8. The van der Waals surface area contributed by atoms with Crippen LogP contribution in [0.15, 0.2) is 60.9 Å². The summed E-state index contributed by atoms with van der Waals surface area (Å²) in [6.45, 7) is 4.17. The molecule has 2 aromatic carbocycles. The van der Waals surface area contributed by atoms with E-state index >= 15 is 0 Å². The number of rotatable bonds is 7. The zero-order chi connectivity index (χ0) is 23.4. The number of nitrogens with two attached hydrogens (primary N) is 1. The normalized spacial score (nSPS) is 11.8. The summed E-state index contributed by atoms with van der Waals surface area (Å²) in [4.78, 5) is 33.7. The van der Waals surface area contributed by atoms with Crippen molar-refractivity contribution in [1.82, 2.24) is 9.97 Å². The van der Waals surface area contributed by atoms with Crippen LogP contribution in [0, 0.1) is 13.8 Å². The Morgan fingerprint density at radius 1 is 1.12 bits per heavy atom. The molecule has 168 valence electrons. The number of carbonyl (C=O) groups is 2. The maximum Gasteiger partial charge on any atom is 0.338 e.